The molecule has 1 rings (SSSR count). The number of nitrogens with zero attached hydrogens (tertiary/aromatic N) is 1. The van der Waals surface area contributed by atoms with Gasteiger partial charge in [0.25, 0.3) is 0 Å². The van der Waals surface area contributed by atoms with Crippen molar-refractivity contribution in [1.82, 2.24) is 5.32 Å². The first-order valence-electron chi connectivity index (χ1n) is 7.71. The second-order valence-corrected chi connectivity index (χ2v) is 6.35. The van der Waals surface area contributed by atoms with Crippen LogP contribution in [-0.2, 0) is 0 Å². The van der Waals surface area contributed by atoms with Crippen LogP contribution in [0.4, 0.5) is 0 Å². The lowest BCUT2D eigenvalue weighted by atomic mass is 9.89. The molecule has 3 heteroatoms. The fraction of sp³-hybridized carbons (Fsp3) is 0.611. The van der Waals surface area contributed by atoms with Crippen molar-refractivity contribution in [2.75, 3.05) is 13.7 Å². The van der Waals surface area contributed by atoms with E-state index >= 15 is 0 Å². The van der Waals surface area contributed by atoms with Gasteiger partial charge < -0.3 is 10.1 Å². The molecule has 1 aromatic rings. The topological polar surface area (TPSA) is 45.0 Å². The van der Waals surface area contributed by atoms with Gasteiger partial charge in [0.1, 0.15) is 5.75 Å². The number of nitriles is 1. The molecule has 21 heavy (non-hydrogen) atoms. The molecule has 116 valence electrons. The predicted octanol–water partition coefficient (Wildman–Crippen LogP) is 4.37. The largest absolute Gasteiger partial charge is 0.493 e. The maximum Gasteiger partial charge on any atom is 0.124 e. The van der Waals surface area contributed by atoms with Gasteiger partial charge in [-0.2, -0.15) is 5.26 Å². The van der Waals surface area contributed by atoms with Gasteiger partial charge in [-0.15, -0.1) is 0 Å². The Bertz CT molecular complexity index is 488. The fourth-order valence-corrected chi connectivity index (χ4v) is 2.20. The van der Waals surface area contributed by atoms with Crippen LogP contribution in [0.1, 0.15) is 57.2 Å². The zero-order valence-corrected chi connectivity index (χ0v) is 14.0. The molecule has 1 N–H and O–H groups in total. The Hall–Kier alpha value is -1.53. The van der Waals surface area contributed by atoms with Crippen molar-refractivity contribution >= 4 is 0 Å². The molecule has 1 unspecified atom stereocenters. The van der Waals surface area contributed by atoms with Crippen molar-refractivity contribution in [3.63, 3.8) is 0 Å². The molecule has 0 amide bonds. The molecule has 3 nitrogen and oxygen atoms in total. The zero-order valence-electron chi connectivity index (χ0n) is 14.0. The summed E-state index contributed by atoms with van der Waals surface area (Å²) in [5.74, 6) is 0.960. The molecule has 0 saturated carbocycles. The minimum atomic E-state index is -0.227. The highest BCUT2D eigenvalue weighted by atomic mass is 16.5. The molecule has 0 aliphatic carbocycles. The van der Waals surface area contributed by atoms with E-state index in [1.807, 2.05) is 20.9 Å². The zero-order chi connectivity index (χ0) is 15.9. The van der Waals surface area contributed by atoms with E-state index in [4.69, 9.17) is 10.00 Å². The van der Waals surface area contributed by atoms with Gasteiger partial charge >= 0.3 is 0 Å². The molecular weight excluding hydrogens is 260 g/mol. The Kier molecular flexibility index (Phi) is 6.71. The number of benzene rings is 1. The number of rotatable bonds is 8. The molecule has 0 heterocycles. The Morgan fingerprint density at radius 1 is 1.33 bits per heavy atom. The van der Waals surface area contributed by atoms with Gasteiger partial charge in [-0.3, -0.25) is 0 Å². The minimum absolute atomic E-state index is 0.227. The Labute approximate surface area is 129 Å². The van der Waals surface area contributed by atoms with Crippen molar-refractivity contribution in [3.05, 3.63) is 29.3 Å². The van der Waals surface area contributed by atoms with Gasteiger partial charge in [0.2, 0.25) is 0 Å². The average Bonchev–Trinajstić information content (AvgIpc) is 2.47. The van der Waals surface area contributed by atoms with E-state index in [0.29, 0.717) is 6.61 Å². The first-order chi connectivity index (χ1) is 9.89. The highest BCUT2D eigenvalue weighted by Crippen LogP contribution is 2.27. The third-order valence-electron chi connectivity index (χ3n) is 3.82. The van der Waals surface area contributed by atoms with Crippen LogP contribution in [0.25, 0.3) is 0 Å². The van der Waals surface area contributed by atoms with Crippen LogP contribution in [0.3, 0.4) is 0 Å². The molecule has 1 aromatic carbocycles. The second kappa shape index (κ2) is 8.05. The summed E-state index contributed by atoms with van der Waals surface area (Å²) in [5.41, 5.74) is 2.22. The van der Waals surface area contributed by atoms with Crippen LogP contribution in [0.15, 0.2) is 18.2 Å². The lowest BCUT2D eigenvalue weighted by Crippen LogP contribution is -2.14. The summed E-state index contributed by atoms with van der Waals surface area (Å²) < 4.78 is 5.94. The van der Waals surface area contributed by atoms with E-state index in [2.05, 4.69) is 43.4 Å². The number of ether oxygens (including phenoxy) is 1. The predicted molar refractivity (Wildman–Crippen MR) is 87.4 cm³/mol. The van der Waals surface area contributed by atoms with Crippen molar-refractivity contribution in [3.8, 4) is 11.8 Å². The van der Waals surface area contributed by atoms with Crippen LogP contribution in [0.2, 0.25) is 0 Å². The van der Waals surface area contributed by atoms with E-state index in [1.54, 1.807) is 0 Å². The first-order valence-corrected chi connectivity index (χ1v) is 7.71. The van der Waals surface area contributed by atoms with Crippen molar-refractivity contribution < 1.29 is 4.74 Å². The molecule has 1 atom stereocenters. The lowest BCUT2D eigenvalue weighted by molar-refractivity contribution is 0.290. The maximum atomic E-state index is 8.99. The fourth-order valence-electron chi connectivity index (χ4n) is 2.20. The number of hydrogen-bond donors (Lipinski definition) is 1. The third-order valence-corrected chi connectivity index (χ3v) is 3.82. The normalized spacial score (nSPS) is 12.8. The summed E-state index contributed by atoms with van der Waals surface area (Å²) in [4.78, 5) is 0. The van der Waals surface area contributed by atoms with Gasteiger partial charge in [0.05, 0.1) is 18.1 Å². The number of unbranched alkanes of at least 4 members (excludes halogenated alkanes) is 1. The summed E-state index contributed by atoms with van der Waals surface area (Å²) in [6.45, 7) is 8.91. The Balaban J connectivity index is 2.51. The minimum Gasteiger partial charge on any atom is -0.493 e. The lowest BCUT2D eigenvalue weighted by Gasteiger charge is -2.18. The first kappa shape index (κ1) is 17.5. The smallest absolute Gasteiger partial charge is 0.124 e. The monoisotopic (exact) mass is 288 g/mol. The van der Waals surface area contributed by atoms with Crippen LogP contribution in [0, 0.1) is 23.7 Å². The second-order valence-electron chi connectivity index (χ2n) is 6.35. The molecular formula is C18H28N2O. The van der Waals surface area contributed by atoms with E-state index in [-0.39, 0.29) is 11.5 Å². The molecule has 0 aliphatic rings. The molecule has 0 bridgehead atoms. The van der Waals surface area contributed by atoms with Crippen molar-refractivity contribution in [2.24, 2.45) is 5.41 Å². The summed E-state index contributed by atoms with van der Waals surface area (Å²) in [6, 6.07) is 8.93. The summed E-state index contributed by atoms with van der Waals surface area (Å²) in [5, 5.41) is 12.3. The van der Waals surface area contributed by atoms with E-state index in [1.165, 1.54) is 11.1 Å². The van der Waals surface area contributed by atoms with Gasteiger partial charge in [-0.1, -0.05) is 17.7 Å². The summed E-state index contributed by atoms with van der Waals surface area (Å²) in [6.07, 6.45) is 2.91. The number of aryl methyl sites for hydroxylation is 1. The van der Waals surface area contributed by atoms with Gasteiger partial charge in [0.15, 0.2) is 0 Å². The van der Waals surface area contributed by atoms with E-state index < -0.39 is 0 Å². The standard InChI is InChI=1S/C18H28N2O/c1-14-8-9-17(16(12-14)15(2)20-5)21-11-7-6-10-18(3,4)13-19/h8-9,12,15,20H,6-7,10-11H2,1-5H3. The molecule has 0 aromatic heterocycles. The molecule has 0 spiro atoms. The van der Waals surface area contributed by atoms with Gasteiger partial charge in [-0.05, 0) is 60.1 Å². The van der Waals surface area contributed by atoms with Gasteiger partial charge in [0, 0.05) is 11.6 Å². The van der Waals surface area contributed by atoms with Crippen LogP contribution in [-0.4, -0.2) is 13.7 Å². The van der Waals surface area contributed by atoms with Gasteiger partial charge in [-0.25, -0.2) is 0 Å². The highest BCUT2D eigenvalue weighted by molar-refractivity contribution is 5.38. The highest BCUT2D eigenvalue weighted by Gasteiger charge is 2.15. The quantitative estimate of drug-likeness (QED) is 0.722. The number of nitrogens with one attached hydrogen (secondary N) is 1. The van der Waals surface area contributed by atoms with Crippen LogP contribution in [0.5, 0.6) is 5.75 Å². The molecule has 0 fully saturated rings. The maximum absolute atomic E-state index is 8.99. The third kappa shape index (κ3) is 5.77. The van der Waals surface area contributed by atoms with Crippen LogP contribution < -0.4 is 10.1 Å². The Morgan fingerprint density at radius 2 is 2.05 bits per heavy atom. The summed E-state index contributed by atoms with van der Waals surface area (Å²) >= 11 is 0. The molecule has 0 saturated heterocycles. The molecule has 0 radical (unpaired) electrons. The summed E-state index contributed by atoms with van der Waals surface area (Å²) in [7, 11) is 1.96. The van der Waals surface area contributed by atoms with E-state index in [9.17, 15) is 0 Å². The van der Waals surface area contributed by atoms with Crippen molar-refractivity contribution in [1.29, 1.82) is 5.26 Å². The van der Waals surface area contributed by atoms with Crippen molar-refractivity contribution in [2.45, 2.75) is 53.0 Å². The van der Waals surface area contributed by atoms with E-state index in [0.717, 1.165) is 25.0 Å². The number of hydrogen-bond acceptors (Lipinski definition) is 3. The Morgan fingerprint density at radius 3 is 2.67 bits per heavy atom. The molecule has 0 aliphatic heterocycles. The average molecular weight is 288 g/mol. The SMILES string of the molecule is CNC(C)c1cc(C)ccc1OCCCCC(C)(C)C#N. The van der Waals surface area contributed by atoms with Crippen LogP contribution >= 0.6 is 0 Å².